The van der Waals surface area contributed by atoms with Crippen LogP contribution in [-0.4, -0.2) is 41.0 Å². The van der Waals surface area contributed by atoms with Crippen LogP contribution in [0.3, 0.4) is 0 Å². The maximum Gasteiger partial charge on any atom is 0.293 e. The number of nitro benzene ring substituents is 1. The summed E-state index contributed by atoms with van der Waals surface area (Å²) < 4.78 is 12.5. The summed E-state index contributed by atoms with van der Waals surface area (Å²) in [5.74, 6) is 0.641. The highest BCUT2D eigenvalue weighted by Crippen LogP contribution is 2.26. The maximum atomic E-state index is 12.4. The summed E-state index contributed by atoms with van der Waals surface area (Å²) in [6, 6.07) is 11.4. The van der Waals surface area contributed by atoms with E-state index in [1.165, 1.54) is 25.5 Å². The van der Waals surface area contributed by atoms with E-state index >= 15 is 0 Å². The van der Waals surface area contributed by atoms with Crippen molar-refractivity contribution in [2.75, 3.05) is 14.2 Å². The topological polar surface area (TPSA) is 121 Å². The van der Waals surface area contributed by atoms with E-state index in [9.17, 15) is 14.9 Å². The molecule has 0 aliphatic carbocycles. The minimum atomic E-state index is -0.494. The van der Waals surface area contributed by atoms with Gasteiger partial charge in [-0.05, 0) is 45.3 Å². The number of hydrogen-bond donors (Lipinski definition) is 1. The minimum absolute atomic E-state index is 0.0119. The largest absolute Gasteiger partial charge is 0.493 e. The molecule has 3 aromatic rings. The van der Waals surface area contributed by atoms with Gasteiger partial charge in [0.2, 0.25) is 0 Å². The quantitative estimate of drug-likeness (QED) is 0.295. The van der Waals surface area contributed by atoms with Crippen molar-refractivity contribution in [3.8, 4) is 11.5 Å². The van der Waals surface area contributed by atoms with E-state index in [0.29, 0.717) is 28.1 Å². The first-order valence-electron chi connectivity index (χ1n) is 8.93. The third kappa shape index (κ3) is 5.45. The average molecular weight is 488 g/mol. The van der Waals surface area contributed by atoms with Gasteiger partial charge in [0.15, 0.2) is 17.2 Å². The molecule has 0 atom stereocenters. The second-order valence-electron chi connectivity index (χ2n) is 6.26. The smallest absolute Gasteiger partial charge is 0.293 e. The van der Waals surface area contributed by atoms with Crippen LogP contribution in [0.4, 0.5) is 5.69 Å². The van der Waals surface area contributed by atoms with E-state index in [-0.39, 0.29) is 11.4 Å². The summed E-state index contributed by atoms with van der Waals surface area (Å²) in [4.78, 5) is 22.7. The fourth-order valence-electron chi connectivity index (χ4n) is 2.69. The molecule has 1 heterocycles. The van der Waals surface area contributed by atoms with Crippen molar-refractivity contribution in [1.29, 1.82) is 0 Å². The molecule has 0 aliphatic heterocycles. The molecule has 0 spiro atoms. The van der Waals surface area contributed by atoms with E-state index in [1.54, 1.807) is 48.3 Å². The van der Waals surface area contributed by atoms with E-state index in [1.807, 2.05) is 0 Å². The van der Waals surface area contributed by atoms with Crippen LogP contribution in [0, 0.1) is 10.1 Å². The van der Waals surface area contributed by atoms with Gasteiger partial charge in [-0.2, -0.15) is 10.2 Å². The molecule has 10 nitrogen and oxygen atoms in total. The number of non-ortho nitro benzene ring substituents is 1. The van der Waals surface area contributed by atoms with E-state index < -0.39 is 10.8 Å². The summed E-state index contributed by atoms with van der Waals surface area (Å²) in [6.45, 7) is 0.346. The van der Waals surface area contributed by atoms with Gasteiger partial charge in [0.05, 0.1) is 36.4 Å². The molecule has 0 fully saturated rings. The lowest BCUT2D eigenvalue weighted by Gasteiger charge is -2.07. The number of hydrazone groups is 1. The number of carbonyl (C=O) groups is 1. The standard InChI is InChI=1S/C20H18BrN5O5/c1-30-17-8-5-14(9-18(17)31-2)10-22-23-20(27)19-16(21)12-25(24-19)11-13-3-6-15(7-4-13)26(28)29/h3-10,12H,11H2,1-2H3,(H,23,27)/b22-10+. The van der Waals surface area contributed by atoms with Gasteiger partial charge in [0.1, 0.15) is 0 Å². The summed E-state index contributed by atoms with van der Waals surface area (Å²) >= 11 is 3.32. The Balaban J connectivity index is 1.65. The van der Waals surface area contributed by atoms with Gasteiger partial charge in [-0.25, -0.2) is 5.43 Å². The molecule has 1 N–H and O–H groups in total. The summed E-state index contributed by atoms with van der Waals surface area (Å²) in [6.07, 6.45) is 3.12. The molecule has 1 amide bonds. The number of halogens is 1. The van der Waals surface area contributed by atoms with E-state index in [4.69, 9.17) is 9.47 Å². The molecule has 0 radical (unpaired) electrons. The number of methoxy groups -OCH3 is 2. The van der Waals surface area contributed by atoms with Crippen molar-refractivity contribution < 1.29 is 19.2 Å². The van der Waals surface area contributed by atoms with Gasteiger partial charge in [0.25, 0.3) is 11.6 Å². The average Bonchev–Trinajstić information content (AvgIpc) is 3.13. The van der Waals surface area contributed by atoms with Crippen LogP contribution in [0.2, 0.25) is 0 Å². The van der Waals surface area contributed by atoms with Gasteiger partial charge in [0, 0.05) is 18.3 Å². The predicted octanol–water partition coefficient (Wildman–Crippen LogP) is 3.38. The molecule has 0 bridgehead atoms. The van der Waals surface area contributed by atoms with Crippen LogP contribution < -0.4 is 14.9 Å². The Labute approximate surface area is 185 Å². The Morgan fingerprint density at radius 2 is 1.94 bits per heavy atom. The van der Waals surface area contributed by atoms with Crippen LogP contribution >= 0.6 is 15.9 Å². The molecule has 2 aromatic carbocycles. The SMILES string of the molecule is COc1ccc(/C=N/NC(=O)c2nn(Cc3ccc([N+](=O)[O-])cc3)cc2Br)cc1OC. The van der Waals surface area contributed by atoms with Gasteiger partial charge < -0.3 is 9.47 Å². The zero-order valence-electron chi connectivity index (χ0n) is 16.6. The number of carbonyl (C=O) groups excluding carboxylic acids is 1. The van der Waals surface area contributed by atoms with Crippen LogP contribution in [0.5, 0.6) is 11.5 Å². The Hall–Kier alpha value is -3.73. The highest BCUT2D eigenvalue weighted by Gasteiger charge is 2.15. The van der Waals surface area contributed by atoms with E-state index in [2.05, 4.69) is 31.6 Å². The lowest BCUT2D eigenvalue weighted by molar-refractivity contribution is -0.384. The van der Waals surface area contributed by atoms with Gasteiger partial charge in [-0.3, -0.25) is 19.6 Å². The molecule has 1 aromatic heterocycles. The molecule has 11 heteroatoms. The Morgan fingerprint density at radius 1 is 1.23 bits per heavy atom. The summed E-state index contributed by atoms with van der Waals surface area (Å²) in [5.41, 5.74) is 4.11. The number of rotatable bonds is 8. The fraction of sp³-hybridized carbons (Fsp3) is 0.150. The van der Waals surface area contributed by atoms with Crippen LogP contribution in [0.25, 0.3) is 0 Å². The van der Waals surface area contributed by atoms with Crippen molar-refractivity contribution in [3.05, 3.63) is 80.1 Å². The number of amides is 1. The van der Waals surface area contributed by atoms with Crippen LogP contribution in [0.1, 0.15) is 21.6 Å². The van der Waals surface area contributed by atoms with Gasteiger partial charge >= 0.3 is 0 Å². The summed E-state index contributed by atoms with van der Waals surface area (Å²) in [5, 5.41) is 19.0. The van der Waals surface area contributed by atoms with E-state index in [0.717, 1.165) is 5.56 Å². The van der Waals surface area contributed by atoms with Crippen molar-refractivity contribution in [1.82, 2.24) is 15.2 Å². The third-order valence-electron chi connectivity index (χ3n) is 4.21. The van der Waals surface area contributed by atoms with Crippen molar-refractivity contribution in [2.24, 2.45) is 5.10 Å². The lowest BCUT2D eigenvalue weighted by Crippen LogP contribution is -2.19. The zero-order valence-corrected chi connectivity index (χ0v) is 18.2. The zero-order chi connectivity index (χ0) is 22.4. The normalized spacial score (nSPS) is 10.8. The molecule has 160 valence electrons. The number of ether oxygens (including phenoxy) is 2. The molecule has 0 saturated carbocycles. The number of nitrogens with one attached hydrogen (secondary N) is 1. The Kier molecular flexibility index (Phi) is 6.98. The van der Waals surface area contributed by atoms with Crippen molar-refractivity contribution in [3.63, 3.8) is 0 Å². The number of benzene rings is 2. The third-order valence-corrected chi connectivity index (χ3v) is 4.79. The monoisotopic (exact) mass is 487 g/mol. The molecule has 3 rings (SSSR count). The highest BCUT2D eigenvalue weighted by atomic mass is 79.9. The molecule has 31 heavy (non-hydrogen) atoms. The van der Waals surface area contributed by atoms with Gasteiger partial charge in [-0.15, -0.1) is 0 Å². The van der Waals surface area contributed by atoms with Crippen molar-refractivity contribution in [2.45, 2.75) is 6.54 Å². The first kappa shape index (κ1) is 22.0. The number of aromatic nitrogens is 2. The van der Waals surface area contributed by atoms with Crippen LogP contribution in [0.15, 0.2) is 58.2 Å². The molecule has 0 aliphatic rings. The second-order valence-corrected chi connectivity index (χ2v) is 7.11. The number of nitrogens with zero attached hydrogens (tertiary/aromatic N) is 4. The number of nitro groups is 1. The first-order valence-corrected chi connectivity index (χ1v) is 9.72. The lowest BCUT2D eigenvalue weighted by atomic mass is 10.2. The Bertz CT molecular complexity index is 1130. The Morgan fingerprint density at radius 3 is 2.58 bits per heavy atom. The molecular weight excluding hydrogens is 470 g/mol. The second kappa shape index (κ2) is 9.85. The molecule has 0 saturated heterocycles. The molecule has 0 unspecified atom stereocenters. The minimum Gasteiger partial charge on any atom is -0.493 e. The first-order chi connectivity index (χ1) is 14.9. The predicted molar refractivity (Wildman–Crippen MR) is 117 cm³/mol. The van der Waals surface area contributed by atoms with Crippen LogP contribution in [-0.2, 0) is 6.54 Å². The maximum absolute atomic E-state index is 12.4. The van der Waals surface area contributed by atoms with Crippen molar-refractivity contribution >= 4 is 33.7 Å². The number of hydrogen-bond acceptors (Lipinski definition) is 7. The molecular formula is C20H18BrN5O5. The highest BCUT2D eigenvalue weighted by molar-refractivity contribution is 9.10. The fourth-order valence-corrected chi connectivity index (χ4v) is 3.19. The summed E-state index contributed by atoms with van der Waals surface area (Å²) in [7, 11) is 3.08. The van der Waals surface area contributed by atoms with Gasteiger partial charge in [-0.1, -0.05) is 12.1 Å².